The van der Waals surface area contributed by atoms with Gasteiger partial charge < -0.3 is 14.8 Å². The summed E-state index contributed by atoms with van der Waals surface area (Å²) in [6, 6.07) is 15.0. The molecular weight excluding hydrogens is 455 g/mol. The number of nitrogens with one attached hydrogen (secondary N) is 1. The number of carbonyl (C=O) groups excluding carboxylic acids is 2. The summed E-state index contributed by atoms with van der Waals surface area (Å²) >= 11 is 1.24. The molecule has 0 radical (unpaired) electrons. The first-order valence-electron chi connectivity index (χ1n) is 10.5. The number of anilines is 1. The average molecular weight is 479 g/mol. The SMILES string of the molecule is CCOC(=O)c1c(NC(=O)/C(C#N)=C/c2ccccc2OCc2ccccc2F)sc(C)c1C. The number of ether oxygens (including phenoxy) is 2. The van der Waals surface area contributed by atoms with Crippen LogP contribution in [0.4, 0.5) is 9.39 Å². The highest BCUT2D eigenvalue weighted by Gasteiger charge is 2.23. The van der Waals surface area contributed by atoms with Crippen molar-refractivity contribution in [3.8, 4) is 11.8 Å². The third-order valence-electron chi connectivity index (χ3n) is 5.02. The molecule has 0 aliphatic rings. The zero-order valence-electron chi connectivity index (χ0n) is 19.0. The minimum Gasteiger partial charge on any atom is -0.488 e. The molecule has 1 aromatic heterocycles. The van der Waals surface area contributed by atoms with Gasteiger partial charge in [-0.2, -0.15) is 5.26 Å². The number of aryl methyl sites for hydroxylation is 1. The van der Waals surface area contributed by atoms with Crippen LogP contribution in [-0.2, 0) is 16.1 Å². The van der Waals surface area contributed by atoms with Crippen LogP contribution in [0.25, 0.3) is 6.08 Å². The van der Waals surface area contributed by atoms with E-state index < -0.39 is 11.9 Å². The number of esters is 1. The van der Waals surface area contributed by atoms with Crippen LogP contribution in [0.15, 0.2) is 54.1 Å². The van der Waals surface area contributed by atoms with Gasteiger partial charge in [-0.05, 0) is 44.5 Å². The van der Waals surface area contributed by atoms with E-state index in [1.807, 2.05) is 13.0 Å². The van der Waals surface area contributed by atoms with Gasteiger partial charge in [0.15, 0.2) is 0 Å². The zero-order valence-corrected chi connectivity index (χ0v) is 19.8. The Morgan fingerprint density at radius 3 is 2.56 bits per heavy atom. The van der Waals surface area contributed by atoms with Gasteiger partial charge >= 0.3 is 5.97 Å². The third kappa shape index (κ3) is 5.69. The summed E-state index contributed by atoms with van der Waals surface area (Å²) < 4.78 is 24.8. The number of rotatable bonds is 8. The largest absolute Gasteiger partial charge is 0.488 e. The molecule has 3 aromatic rings. The van der Waals surface area contributed by atoms with Crippen molar-refractivity contribution in [2.45, 2.75) is 27.4 Å². The molecular formula is C26H23FN2O4S. The second-order valence-corrected chi connectivity index (χ2v) is 8.47. The molecule has 0 aliphatic carbocycles. The smallest absolute Gasteiger partial charge is 0.341 e. The topological polar surface area (TPSA) is 88.4 Å². The molecule has 0 unspecified atom stereocenters. The van der Waals surface area contributed by atoms with Crippen LogP contribution in [0.1, 0.15) is 38.8 Å². The van der Waals surface area contributed by atoms with Gasteiger partial charge in [0.05, 0.1) is 12.2 Å². The lowest BCUT2D eigenvalue weighted by Gasteiger charge is -2.10. The normalized spacial score (nSPS) is 11.0. The van der Waals surface area contributed by atoms with Gasteiger partial charge in [0.1, 0.15) is 34.8 Å². The fraction of sp³-hybridized carbons (Fsp3) is 0.192. The number of para-hydroxylation sites is 1. The van der Waals surface area contributed by atoms with Gasteiger partial charge in [-0.1, -0.05) is 36.4 Å². The van der Waals surface area contributed by atoms with Crippen molar-refractivity contribution in [3.63, 3.8) is 0 Å². The Hall–Kier alpha value is -3.96. The predicted molar refractivity (Wildman–Crippen MR) is 129 cm³/mol. The van der Waals surface area contributed by atoms with Crippen LogP contribution in [0.2, 0.25) is 0 Å². The van der Waals surface area contributed by atoms with Crippen LogP contribution in [0.3, 0.4) is 0 Å². The van der Waals surface area contributed by atoms with Gasteiger partial charge in [0.25, 0.3) is 5.91 Å². The number of nitrogens with zero attached hydrogens (tertiary/aromatic N) is 1. The Morgan fingerprint density at radius 2 is 1.85 bits per heavy atom. The molecule has 0 bridgehead atoms. The van der Waals surface area contributed by atoms with Crippen LogP contribution in [0, 0.1) is 31.0 Å². The predicted octanol–water partition coefficient (Wildman–Crippen LogP) is 5.81. The van der Waals surface area contributed by atoms with Gasteiger partial charge in [-0.15, -0.1) is 11.3 Å². The molecule has 6 nitrogen and oxygen atoms in total. The Kier molecular flexibility index (Phi) is 8.17. The molecule has 174 valence electrons. The maximum atomic E-state index is 13.9. The quantitative estimate of drug-likeness (QED) is 0.251. The fourth-order valence-electron chi connectivity index (χ4n) is 3.14. The molecule has 0 fully saturated rings. The van der Waals surface area contributed by atoms with Crippen LogP contribution in [0.5, 0.6) is 5.75 Å². The molecule has 0 aliphatic heterocycles. The minimum absolute atomic E-state index is 0.0116. The number of amides is 1. The van der Waals surface area contributed by atoms with E-state index in [1.54, 1.807) is 56.3 Å². The van der Waals surface area contributed by atoms with E-state index >= 15 is 0 Å². The number of nitriles is 1. The first kappa shape index (κ1) is 24.7. The molecule has 0 saturated heterocycles. The van der Waals surface area contributed by atoms with Crippen molar-refractivity contribution in [3.05, 3.63) is 87.1 Å². The maximum Gasteiger partial charge on any atom is 0.341 e. The average Bonchev–Trinajstić information content (AvgIpc) is 3.10. The van der Waals surface area contributed by atoms with Crippen molar-refractivity contribution in [2.75, 3.05) is 11.9 Å². The van der Waals surface area contributed by atoms with Gasteiger partial charge in [0.2, 0.25) is 0 Å². The summed E-state index contributed by atoms with van der Waals surface area (Å²) in [6.45, 7) is 5.50. The number of carbonyl (C=O) groups is 2. The van der Waals surface area contributed by atoms with E-state index in [9.17, 15) is 19.2 Å². The summed E-state index contributed by atoms with van der Waals surface area (Å²) in [5.74, 6) is -1.19. The Labute approximate surface area is 201 Å². The summed E-state index contributed by atoms with van der Waals surface area (Å²) in [6.07, 6.45) is 1.39. The van der Waals surface area contributed by atoms with Gasteiger partial charge in [0, 0.05) is 16.0 Å². The summed E-state index contributed by atoms with van der Waals surface area (Å²) in [5.41, 5.74) is 1.68. The molecule has 1 N–H and O–H groups in total. The van der Waals surface area contributed by atoms with Crippen molar-refractivity contribution < 1.29 is 23.5 Å². The zero-order chi connectivity index (χ0) is 24.7. The maximum absolute atomic E-state index is 13.9. The van der Waals surface area contributed by atoms with Crippen molar-refractivity contribution in [1.29, 1.82) is 5.26 Å². The van der Waals surface area contributed by atoms with E-state index in [0.29, 0.717) is 27.4 Å². The van der Waals surface area contributed by atoms with Crippen molar-refractivity contribution in [2.24, 2.45) is 0 Å². The van der Waals surface area contributed by atoms with E-state index in [0.717, 1.165) is 4.88 Å². The van der Waals surface area contributed by atoms with Crippen molar-refractivity contribution >= 4 is 34.3 Å². The first-order chi connectivity index (χ1) is 16.3. The second-order valence-electron chi connectivity index (χ2n) is 7.25. The lowest BCUT2D eigenvalue weighted by atomic mass is 10.1. The molecule has 1 heterocycles. The Balaban J connectivity index is 1.85. The number of halogens is 1. The molecule has 0 atom stereocenters. The van der Waals surface area contributed by atoms with Crippen LogP contribution >= 0.6 is 11.3 Å². The molecule has 8 heteroatoms. The van der Waals surface area contributed by atoms with Crippen LogP contribution in [-0.4, -0.2) is 18.5 Å². The highest BCUT2D eigenvalue weighted by atomic mass is 32.1. The fourth-order valence-corrected chi connectivity index (χ4v) is 4.18. The summed E-state index contributed by atoms with van der Waals surface area (Å²) in [4.78, 5) is 26.1. The monoisotopic (exact) mass is 478 g/mol. The molecule has 3 rings (SSSR count). The molecule has 0 spiro atoms. The highest BCUT2D eigenvalue weighted by Crippen LogP contribution is 2.33. The molecule has 1 amide bonds. The standard InChI is InChI=1S/C26H23FN2O4S/c1-4-32-26(31)23-16(2)17(3)34-25(23)29-24(30)20(14-28)13-18-9-6-8-12-22(18)33-15-19-10-5-7-11-21(19)27/h5-13H,4,15H2,1-3H3,(H,29,30)/b20-13+. The lowest BCUT2D eigenvalue weighted by molar-refractivity contribution is -0.112. The lowest BCUT2D eigenvalue weighted by Crippen LogP contribution is -2.16. The van der Waals surface area contributed by atoms with E-state index in [2.05, 4.69) is 5.32 Å². The number of benzene rings is 2. The Bertz CT molecular complexity index is 1290. The second kappa shape index (κ2) is 11.3. The van der Waals surface area contributed by atoms with Crippen LogP contribution < -0.4 is 10.1 Å². The van der Waals surface area contributed by atoms with E-state index in [-0.39, 0.29) is 30.2 Å². The summed E-state index contributed by atoms with van der Waals surface area (Å²) in [5, 5.41) is 12.6. The van der Waals surface area contributed by atoms with E-state index in [4.69, 9.17) is 9.47 Å². The van der Waals surface area contributed by atoms with Crippen molar-refractivity contribution in [1.82, 2.24) is 0 Å². The summed E-state index contributed by atoms with van der Waals surface area (Å²) in [7, 11) is 0. The number of thiophene rings is 1. The highest BCUT2D eigenvalue weighted by molar-refractivity contribution is 7.16. The molecule has 34 heavy (non-hydrogen) atoms. The van der Waals surface area contributed by atoms with Gasteiger partial charge in [-0.3, -0.25) is 4.79 Å². The van der Waals surface area contributed by atoms with Gasteiger partial charge in [-0.25, -0.2) is 9.18 Å². The molecule has 0 saturated carbocycles. The first-order valence-corrected chi connectivity index (χ1v) is 11.3. The number of hydrogen-bond donors (Lipinski definition) is 1. The minimum atomic E-state index is -0.668. The molecule has 2 aromatic carbocycles. The Morgan fingerprint density at radius 1 is 1.15 bits per heavy atom. The number of hydrogen-bond acceptors (Lipinski definition) is 6. The van der Waals surface area contributed by atoms with E-state index in [1.165, 1.54) is 23.5 Å². The third-order valence-corrected chi connectivity index (χ3v) is 6.14.